The number of nitrogens with zero attached hydrogens (tertiary/aromatic N) is 2. The molecule has 2 aromatic rings. The lowest BCUT2D eigenvalue weighted by atomic mass is 9.82. The van der Waals surface area contributed by atoms with Gasteiger partial charge in [0.1, 0.15) is 5.82 Å². The van der Waals surface area contributed by atoms with E-state index in [-0.39, 0.29) is 17.4 Å². The highest BCUT2D eigenvalue weighted by Gasteiger charge is 2.49. The number of likely N-dealkylation sites (tertiary alicyclic amines) is 1. The van der Waals surface area contributed by atoms with Crippen molar-refractivity contribution in [3.63, 3.8) is 0 Å². The Kier molecular flexibility index (Phi) is 4.41. The molecule has 2 amide bonds. The van der Waals surface area contributed by atoms with E-state index in [9.17, 15) is 9.18 Å². The van der Waals surface area contributed by atoms with Gasteiger partial charge >= 0.3 is 6.03 Å². The van der Waals surface area contributed by atoms with E-state index in [0.717, 1.165) is 25.9 Å². The van der Waals surface area contributed by atoms with Gasteiger partial charge in [-0.1, -0.05) is 36.4 Å². The average molecular weight is 353 g/mol. The van der Waals surface area contributed by atoms with Crippen molar-refractivity contribution in [2.45, 2.75) is 37.9 Å². The number of hydrogen-bond donors (Lipinski definition) is 1. The van der Waals surface area contributed by atoms with E-state index in [1.165, 1.54) is 17.7 Å². The minimum Gasteiger partial charge on any atom is -0.335 e. The molecule has 2 saturated heterocycles. The molecule has 1 N–H and O–H groups in total. The molecule has 1 spiro atoms. The molecule has 2 unspecified atom stereocenters. The van der Waals surface area contributed by atoms with E-state index in [1.54, 1.807) is 11.0 Å². The maximum atomic E-state index is 13.7. The predicted molar refractivity (Wildman–Crippen MR) is 101 cm³/mol. The van der Waals surface area contributed by atoms with Gasteiger partial charge in [-0.3, -0.25) is 9.80 Å². The molecular formula is C21H24FN3O. The first-order valence-electron chi connectivity index (χ1n) is 9.19. The van der Waals surface area contributed by atoms with Gasteiger partial charge in [-0.05, 0) is 43.5 Å². The molecule has 2 aliphatic heterocycles. The molecule has 0 saturated carbocycles. The first-order valence-corrected chi connectivity index (χ1v) is 9.19. The normalized spacial score (nSPS) is 26.3. The zero-order valence-corrected chi connectivity index (χ0v) is 15.0. The van der Waals surface area contributed by atoms with Crippen LogP contribution in [0, 0.1) is 5.82 Å². The standard InChI is InChI=1S/C21H24FN3O/c1-16-13-21(10-11-24(16)14-17-6-3-2-4-7-17)15-23-20(26)25(21)19-9-5-8-18(22)12-19/h2-9,12,16H,10-11,13-15H2,1H3,(H,23,26). The highest BCUT2D eigenvalue weighted by atomic mass is 19.1. The Balaban J connectivity index is 1.55. The Morgan fingerprint density at radius 1 is 1.19 bits per heavy atom. The smallest absolute Gasteiger partial charge is 0.322 e. The molecule has 0 radical (unpaired) electrons. The second kappa shape index (κ2) is 6.72. The van der Waals surface area contributed by atoms with Crippen LogP contribution in [0.1, 0.15) is 25.3 Å². The highest BCUT2D eigenvalue weighted by Crippen LogP contribution is 2.39. The molecule has 0 aliphatic carbocycles. The molecule has 26 heavy (non-hydrogen) atoms. The zero-order valence-electron chi connectivity index (χ0n) is 15.0. The molecule has 0 aromatic heterocycles. The first-order chi connectivity index (χ1) is 12.6. The van der Waals surface area contributed by atoms with Crippen LogP contribution in [-0.4, -0.2) is 35.6 Å². The van der Waals surface area contributed by atoms with Crippen molar-refractivity contribution in [2.75, 3.05) is 18.0 Å². The summed E-state index contributed by atoms with van der Waals surface area (Å²) in [4.78, 5) is 16.8. The zero-order chi connectivity index (χ0) is 18.1. The third-order valence-corrected chi connectivity index (χ3v) is 5.70. The largest absolute Gasteiger partial charge is 0.335 e. The number of hydrogen-bond acceptors (Lipinski definition) is 2. The van der Waals surface area contributed by atoms with Crippen LogP contribution in [0.2, 0.25) is 0 Å². The number of benzene rings is 2. The summed E-state index contributed by atoms with van der Waals surface area (Å²) >= 11 is 0. The molecule has 5 heteroatoms. The van der Waals surface area contributed by atoms with Crippen molar-refractivity contribution < 1.29 is 9.18 Å². The van der Waals surface area contributed by atoms with Gasteiger partial charge in [-0.15, -0.1) is 0 Å². The second-order valence-electron chi connectivity index (χ2n) is 7.46. The number of carbonyl (C=O) groups is 1. The maximum absolute atomic E-state index is 13.7. The predicted octanol–water partition coefficient (Wildman–Crippen LogP) is 3.78. The fraction of sp³-hybridized carbons (Fsp3) is 0.381. The van der Waals surface area contributed by atoms with Crippen LogP contribution in [0.5, 0.6) is 0 Å². The molecule has 2 aromatic carbocycles. The first kappa shape index (κ1) is 17.0. The van der Waals surface area contributed by atoms with E-state index in [0.29, 0.717) is 18.3 Å². The number of carbonyl (C=O) groups excluding carboxylic acids is 1. The maximum Gasteiger partial charge on any atom is 0.322 e. The number of piperidine rings is 1. The van der Waals surface area contributed by atoms with Crippen molar-refractivity contribution in [3.8, 4) is 0 Å². The van der Waals surface area contributed by atoms with Gasteiger partial charge < -0.3 is 5.32 Å². The van der Waals surface area contributed by atoms with E-state index in [4.69, 9.17) is 0 Å². The molecule has 2 atom stereocenters. The van der Waals surface area contributed by atoms with Crippen molar-refractivity contribution in [3.05, 3.63) is 66.0 Å². The molecule has 0 bridgehead atoms. The van der Waals surface area contributed by atoms with Crippen LogP contribution in [0.3, 0.4) is 0 Å². The third-order valence-electron chi connectivity index (χ3n) is 5.70. The Hall–Kier alpha value is -2.40. The minimum absolute atomic E-state index is 0.126. The summed E-state index contributed by atoms with van der Waals surface area (Å²) < 4.78 is 13.7. The van der Waals surface area contributed by atoms with Gasteiger partial charge in [-0.25, -0.2) is 9.18 Å². The van der Waals surface area contributed by atoms with Gasteiger partial charge in [-0.2, -0.15) is 0 Å². The number of amides is 2. The Morgan fingerprint density at radius 3 is 2.73 bits per heavy atom. The number of anilines is 1. The fourth-order valence-corrected chi connectivity index (χ4v) is 4.39. The SMILES string of the molecule is CC1CC2(CCN1Cc1ccccc1)CNC(=O)N2c1cccc(F)c1. The topological polar surface area (TPSA) is 35.6 Å². The van der Waals surface area contributed by atoms with Crippen LogP contribution in [0.4, 0.5) is 14.9 Å². The Morgan fingerprint density at radius 2 is 2.00 bits per heavy atom. The lowest BCUT2D eigenvalue weighted by Gasteiger charge is -2.47. The lowest BCUT2D eigenvalue weighted by Crippen LogP contribution is -2.57. The van der Waals surface area contributed by atoms with E-state index < -0.39 is 0 Å². The lowest BCUT2D eigenvalue weighted by molar-refractivity contribution is 0.105. The number of nitrogens with one attached hydrogen (secondary N) is 1. The number of urea groups is 1. The Bertz CT molecular complexity index is 797. The van der Waals surface area contributed by atoms with Gasteiger partial charge in [0.05, 0.1) is 5.54 Å². The van der Waals surface area contributed by atoms with Gasteiger partial charge in [0, 0.05) is 31.4 Å². The van der Waals surface area contributed by atoms with Gasteiger partial charge in [0.2, 0.25) is 0 Å². The van der Waals surface area contributed by atoms with Crippen LogP contribution < -0.4 is 10.2 Å². The quantitative estimate of drug-likeness (QED) is 0.911. The summed E-state index contributed by atoms with van der Waals surface area (Å²) in [6.45, 7) is 4.67. The Labute approximate surface area is 153 Å². The van der Waals surface area contributed by atoms with E-state index in [2.05, 4.69) is 41.4 Å². The summed E-state index contributed by atoms with van der Waals surface area (Å²) in [5.41, 5.74) is 1.67. The van der Waals surface area contributed by atoms with Crippen molar-refractivity contribution in [1.29, 1.82) is 0 Å². The van der Waals surface area contributed by atoms with E-state index >= 15 is 0 Å². The molecule has 4 nitrogen and oxygen atoms in total. The summed E-state index contributed by atoms with van der Waals surface area (Å²) in [6, 6.07) is 17.0. The number of halogens is 1. The van der Waals surface area contributed by atoms with Crippen molar-refractivity contribution in [2.24, 2.45) is 0 Å². The van der Waals surface area contributed by atoms with Crippen LogP contribution in [0.15, 0.2) is 54.6 Å². The van der Waals surface area contributed by atoms with Crippen molar-refractivity contribution >= 4 is 11.7 Å². The second-order valence-corrected chi connectivity index (χ2v) is 7.46. The van der Waals surface area contributed by atoms with Crippen LogP contribution in [0.25, 0.3) is 0 Å². The summed E-state index contributed by atoms with van der Waals surface area (Å²) in [6.07, 6.45) is 1.74. The molecule has 2 aliphatic rings. The highest BCUT2D eigenvalue weighted by molar-refractivity contribution is 5.96. The van der Waals surface area contributed by atoms with Gasteiger partial charge in [0.15, 0.2) is 0 Å². The summed E-state index contributed by atoms with van der Waals surface area (Å²) in [7, 11) is 0. The molecule has 4 rings (SSSR count). The minimum atomic E-state index is -0.313. The van der Waals surface area contributed by atoms with Crippen molar-refractivity contribution in [1.82, 2.24) is 10.2 Å². The monoisotopic (exact) mass is 353 g/mol. The molecule has 2 heterocycles. The molecule has 136 valence electrons. The van der Waals surface area contributed by atoms with E-state index in [1.807, 2.05) is 12.1 Å². The third kappa shape index (κ3) is 3.07. The fourth-order valence-electron chi connectivity index (χ4n) is 4.39. The molecular weight excluding hydrogens is 329 g/mol. The summed E-state index contributed by atoms with van der Waals surface area (Å²) in [5.74, 6) is -0.313. The van der Waals surface area contributed by atoms with Gasteiger partial charge in [0.25, 0.3) is 0 Å². The van der Waals surface area contributed by atoms with Crippen LogP contribution in [-0.2, 0) is 6.54 Å². The average Bonchev–Trinajstić information content (AvgIpc) is 2.94. The molecule has 2 fully saturated rings. The van der Waals surface area contributed by atoms with Crippen LogP contribution >= 0.6 is 0 Å². The number of rotatable bonds is 3. The summed E-state index contributed by atoms with van der Waals surface area (Å²) in [5, 5.41) is 2.98.